The molecule has 19 heavy (non-hydrogen) atoms. The van der Waals surface area contributed by atoms with Crippen molar-refractivity contribution in [3.05, 3.63) is 18.2 Å². The number of amides is 1. The van der Waals surface area contributed by atoms with Crippen molar-refractivity contribution >= 4 is 58.3 Å². The molecule has 0 spiro atoms. The maximum absolute atomic E-state index is 11.0. The number of nitrogen functional groups attached to an aromatic ring is 1. The standard InChI is InChI=1S/C11H15N3O2S3/c1-16-11(15)14-10(17)13-9-4-3-7(5-8(9)12)19-6-18-2/h3-5H,6,12H2,1-2H3,(H2,13,14,15,17). The van der Waals surface area contributed by atoms with Crippen LogP contribution in [0.15, 0.2) is 23.1 Å². The fourth-order valence-electron chi connectivity index (χ4n) is 1.17. The molecule has 0 radical (unpaired) electrons. The smallest absolute Gasteiger partial charge is 0.413 e. The molecule has 0 saturated carbocycles. The molecule has 1 aromatic rings. The number of ether oxygens (including phenoxy) is 1. The van der Waals surface area contributed by atoms with E-state index in [9.17, 15) is 4.79 Å². The largest absolute Gasteiger partial charge is 0.453 e. The first-order chi connectivity index (χ1) is 9.06. The topological polar surface area (TPSA) is 76.4 Å². The zero-order chi connectivity index (χ0) is 14.3. The summed E-state index contributed by atoms with van der Waals surface area (Å²) < 4.78 is 4.44. The van der Waals surface area contributed by atoms with Gasteiger partial charge in [0, 0.05) is 9.98 Å². The second-order valence-electron chi connectivity index (χ2n) is 3.37. The molecule has 0 aliphatic rings. The summed E-state index contributed by atoms with van der Waals surface area (Å²) in [5.41, 5.74) is 7.14. The average molecular weight is 317 g/mol. The van der Waals surface area contributed by atoms with Gasteiger partial charge in [0.2, 0.25) is 0 Å². The van der Waals surface area contributed by atoms with Crippen molar-refractivity contribution in [2.45, 2.75) is 4.90 Å². The van der Waals surface area contributed by atoms with Crippen molar-refractivity contribution < 1.29 is 9.53 Å². The summed E-state index contributed by atoms with van der Waals surface area (Å²) in [6.07, 6.45) is 1.42. The van der Waals surface area contributed by atoms with E-state index in [1.165, 1.54) is 7.11 Å². The van der Waals surface area contributed by atoms with Gasteiger partial charge in [-0.25, -0.2) is 4.79 Å². The molecular formula is C11H15N3O2S3. The van der Waals surface area contributed by atoms with Gasteiger partial charge >= 0.3 is 6.09 Å². The van der Waals surface area contributed by atoms with Gasteiger partial charge in [-0.1, -0.05) is 0 Å². The highest BCUT2D eigenvalue weighted by Crippen LogP contribution is 2.27. The lowest BCUT2D eigenvalue weighted by molar-refractivity contribution is 0.177. The van der Waals surface area contributed by atoms with Crippen molar-refractivity contribution in [1.82, 2.24) is 5.32 Å². The Morgan fingerprint density at radius 2 is 2.26 bits per heavy atom. The molecule has 0 heterocycles. The molecule has 4 N–H and O–H groups in total. The van der Waals surface area contributed by atoms with Gasteiger partial charge in [-0.15, -0.1) is 11.8 Å². The van der Waals surface area contributed by atoms with E-state index in [1.807, 2.05) is 24.5 Å². The van der Waals surface area contributed by atoms with E-state index >= 15 is 0 Å². The predicted octanol–water partition coefficient (Wildman–Crippen LogP) is 2.73. The minimum absolute atomic E-state index is 0.142. The van der Waals surface area contributed by atoms with Crippen LogP contribution in [0.2, 0.25) is 0 Å². The lowest BCUT2D eigenvalue weighted by Crippen LogP contribution is -2.34. The van der Waals surface area contributed by atoms with Crippen LogP contribution >= 0.6 is 35.7 Å². The van der Waals surface area contributed by atoms with Crippen molar-refractivity contribution in [2.75, 3.05) is 29.5 Å². The predicted molar refractivity (Wildman–Crippen MR) is 86.9 cm³/mol. The molecule has 1 amide bonds. The van der Waals surface area contributed by atoms with Gasteiger partial charge in [-0.2, -0.15) is 11.8 Å². The van der Waals surface area contributed by atoms with Gasteiger partial charge in [0.15, 0.2) is 5.11 Å². The number of thioether (sulfide) groups is 2. The Kier molecular flexibility index (Phi) is 6.82. The van der Waals surface area contributed by atoms with Crippen LogP contribution in [0.25, 0.3) is 0 Å². The van der Waals surface area contributed by atoms with Crippen LogP contribution in [0, 0.1) is 0 Å². The third kappa shape index (κ3) is 5.58. The van der Waals surface area contributed by atoms with Gasteiger partial charge in [-0.3, -0.25) is 5.32 Å². The molecule has 0 unspecified atom stereocenters. The first-order valence-electron chi connectivity index (χ1n) is 5.24. The molecule has 1 aromatic carbocycles. The lowest BCUT2D eigenvalue weighted by Gasteiger charge is -2.11. The van der Waals surface area contributed by atoms with Crippen molar-refractivity contribution in [1.29, 1.82) is 0 Å². The Morgan fingerprint density at radius 1 is 1.53 bits per heavy atom. The highest BCUT2D eigenvalue weighted by Gasteiger charge is 2.06. The second kappa shape index (κ2) is 8.13. The summed E-state index contributed by atoms with van der Waals surface area (Å²) in [4.78, 5) is 12.1. The van der Waals surface area contributed by atoms with E-state index in [2.05, 4.69) is 15.4 Å². The van der Waals surface area contributed by atoms with Gasteiger partial charge in [-0.05, 0) is 36.7 Å². The van der Waals surface area contributed by atoms with E-state index < -0.39 is 6.09 Å². The van der Waals surface area contributed by atoms with Crippen molar-refractivity contribution in [3.63, 3.8) is 0 Å². The molecule has 8 heteroatoms. The minimum Gasteiger partial charge on any atom is -0.453 e. The molecular weight excluding hydrogens is 302 g/mol. The molecule has 0 saturated heterocycles. The van der Waals surface area contributed by atoms with E-state index in [0.29, 0.717) is 11.4 Å². The SMILES string of the molecule is COC(=O)NC(=S)Nc1ccc(SCSC)cc1N. The van der Waals surface area contributed by atoms with Crippen LogP contribution in [-0.2, 0) is 4.74 Å². The fraction of sp³-hybridized carbons (Fsp3) is 0.273. The molecule has 0 fully saturated rings. The first-order valence-corrected chi connectivity index (χ1v) is 8.02. The number of hydrogen-bond acceptors (Lipinski definition) is 6. The Morgan fingerprint density at radius 3 is 2.84 bits per heavy atom. The zero-order valence-corrected chi connectivity index (χ0v) is 13.0. The number of nitrogens with two attached hydrogens (primary N) is 1. The summed E-state index contributed by atoms with van der Waals surface area (Å²) in [6.45, 7) is 0. The Bertz CT molecular complexity index is 468. The molecule has 0 aliphatic carbocycles. The molecule has 1 rings (SSSR count). The molecule has 0 atom stereocenters. The number of anilines is 2. The van der Waals surface area contributed by atoms with Crippen LogP contribution in [0.5, 0.6) is 0 Å². The number of alkyl carbamates (subject to hydrolysis) is 1. The summed E-state index contributed by atoms with van der Waals surface area (Å²) in [6, 6.07) is 5.63. The number of benzene rings is 1. The highest BCUT2D eigenvalue weighted by atomic mass is 32.2. The van der Waals surface area contributed by atoms with E-state index in [-0.39, 0.29) is 5.11 Å². The summed E-state index contributed by atoms with van der Waals surface area (Å²) >= 11 is 8.41. The Labute approximate surface area is 126 Å². The van der Waals surface area contributed by atoms with Gasteiger partial charge in [0.05, 0.1) is 18.5 Å². The van der Waals surface area contributed by atoms with Crippen molar-refractivity contribution in [2.24, 2.45) is 0 Å². The van der Waals surface area contributed by atoms with Crippen LogP contribution in [0.3, 0.4) is 0 Å². The fourth-order valence-corrected chi connectivity index (χ4v) is 2.75. The van der Waals surface area contributed by atoms with E-state index in [0.717, 1.165) is 9.98 Å². The van der Waals surface area contributed by atoms with Crippen LogP contribution in [0.1, 0.15) is 0 Å². The van der Waals surface area contributed by atoms with Gasteiger partial charge in [0.25, 0.3) is 0 Å². The number of hydrogen-bond donors (Lipinski definition) is 3. The molecule has 0 bridgehead atoms. The van der Waals surface area contributed by atoms with Crippen LogP contribution in [-0.4, -0.2) is 29.7 Å². The minimum atomic E-state index is -0.622. The summed E-state index contributed by atoms with van der Waals surface area (Å²) in [5.74, 6) is 0. The number of carbonyl (C=O) groups excluding carboxylic acids is 1. The van der Waals surface area contributed by atoms with E-state index in [4.69, 9.17) is 18.0 Å². The molecule has 0 aromatic heterocycles. The first kappa shape index (κ1) is 15.9. The number of nitrogens with one attached hydrogen (secondary N) is 2. The Hall–Kier alpha value is -1.12. The van der Waals surface area contributed by atoms with Crippen LogP contribution < -0.4 is 16.4 Å². The molecule has 5 nitrogen and oxygen atoms in total. The highest BCUT2D eigenvalue weighted by molar-refractivity contribution is 8.15. The number of rotatable bonds is 4. The summed E-state index contributed by atoms with van der Waals surface area (Å²) in [5, 5.41) is 6.30. The van der Waals surface area contributed by atoms with Gasteiger partial charge < -0.3 is 15.8 Å². The average Bonchev–Trinajstić information content (AvgIpc) is 2.39. The lowest BCUT2D eigenvalue weighted by atomic mass is 10.3. The van der Waals surface area contributed by atoms with E-state index in [1.54, 1.807) is 23.5 Å². The Balaban J connectivity index is 2.64. The monoisotopic (exact) mass is 317 g/mol. The van der Waals surface area contributed by atoms with Crippen LogP contribution in [0.4, 0.5) is 16.2 Å². The zero-order valence-electron chi connectivity index (χ0n) is 10.6. The third-order valence-corrected chi connectivity index (χ3v) is 4.22. The normalized spacial score (nSPS) is 9.79. The number of thiocarbonyl (C=S) groups is 1. The maximum atomic E-state index is 11.0. The third-order valence-electron chi connectivity index (χ3n) is 2.02. The van der Waals surface area contributed by atoms with Crippen molar-refractivity contribution in [3.8, 4) is 0 Å². The second-order valence-corrected chi connectivity index (χ2v) is 6.06. The van der Waals surface area contributed by atoms with Gasteiger partial charge in [0.1, 0.15) is 0 Å². The quantitative estimate of drug-likeness (QED) is 0.341. The summed E-state index contributed by atoms with van der Waals surface area (Å²) in [7, 11) is 1.27. The number of methoxy groups -OCH3 is 1. The number of carbonyl (C=O) groups is 1. The molecule has 0 aliphatic heterocycles. The maximum Gasteiger partial charge on any atom is 0.413 e. The molecule has 104 valence electrons.